The number of nitrogens with zero attached hydrogens (tertiary/aromatic N) is 3. The Balaban J connectivity index is 1.29. The molecule has 0 atom stereocenters. The Bertz CT molecular complexity index is 1030. The van der Waals surface area contributed by atoms with Crippen molar-refractivity contribution in [3.8, 4) is 22.9 Å². The van der Waals surface area contributed by atoms with Crippen molar-refractivity contribution < 1.29 is 18.8 Å². The van der Waals surface area contributed by atoms with Crippen molar-refractivity contribution in [1.82, 2.24) is 10.1 Å². The SMILES string of the molecule is COc1ccc(-c2noc(N3CCC(C(=O)CCCc4ccccc4)CC3)n2)cc1OC. The number of aryl methyl sites for hydroxylation is 1. The van der Waals surface area contributed by atoms with Crippen LogP contribution < -0.4 is 14.4 Å². The third kappa shape index (κ3) is 5.10. The van der Waals surface area contributed by atoms with Crippen LogP contribution in [0.4, 0.5) is 6.01 Å². The van der Waals surface area contributed by atoms with Crippen LogP contribution in [0.3, 0.4) is 0 Å². The monoisotopic (exact) mass is 435 g/mol. The Labute approximate surface area is 188 Å². The normalized spacial score (nSPS) is 14.4. The number of aromatic nitrogens is 2. The van der Waals surface area contributed by atoms with Crippen LogP contribution in [0.2, 0.25) is 0 Å². The van der Waals surface area contributed by atoms with E-state index in [9.17, 15) is 4.79 Å². The molecule has 0 spiro atoms. The topological polar surface area (TPSA) is 77.7 Å². The summed E-state index contributed by atoms with van der Waals surface area (Å²) >= 11 is 0. The van der Waals surface area contributed by atoms with Gasteiger partial charge in [0.2, 0.25) is 5.82 Å². The van der Waals surface area contributed by atoms with Gasteiger partial charge in [-0.2, -0.15) is 4.98 Å². The first-order chi connectivity index (χ1) is 15.7. The smallest absolute Gasteiger partial charge is 0.324 e. The standard InChI is InChI=1S/C25H29N3O4/c1-30-22-12-11-20(17-23(22)31-2)24-26-25(32-27-24)28-15-13-19(14-16-28)21(29)10-6-9-18-7-4-3-5-8-18/h3-5,7-8,11-12,17,19H,6,9-10,13-16H2,1-2H3. The molecule has 7 nitrogen and oxygen atoms in total. The number of ether oxygens (including phenoxy) is 2. The largest absolute Gasteiger partial charge is 0.493 e. The third-order valence-electron chi connectivity index (χ3n) is 6.01. The molecule has 0 N–H and O–H groups in total. The number of benzene rings is 2. The van der Waals surface area contributed by atoms with E-state index in [4.69, 9.17) is 14.0 Å². The molecular formula is C25H29N3O4. The minimum atomic E-state index is 0.121. The maximum atomic E-state index is 12.6. The molecule has 1 aliphatic rings. The van der Waals surface area contributed by atoms with Gasteiger partial charge in [0.15, 0.2) is 11.5 Å². The first-order valence-electron chi connectivity index (χ1n) is 11.1. The fourth-order valence-electron chi connectivity index (χ4n) is 4.14. The molecule has 168 valence electrons. The quantitative estimate of drug-likeness (QED) is 0.487. The van der Waals surface area contributed by atoms with E-state index in [0.717, 1.165) is 44.3 Å². The maximum absolute atomic E-state index is 12.6. The molecule has 32 heavy (non-hydrogen) atoms. The van der Waals surface area contributed by atoms with Crippen molar-refractivity contribution in [2.45, 2.75) is 32.1 Å². The number of methoxy groups -OCH3 is 2. The second-order valence-electron chi connectivity index (χ2n) is 8.04. The summed E-state index contributed by atoms with van der Waals surface area (Å²) in [6, 6.07) is 16.3. The summed E-state index contributed by atoms with van der Waals surface area (Å²) in [6.07, 6.45) is 4.13. The summed E-state index contributed by atoms with van der Waals surface area (Å²) in [5.74, 6) is 2.26. The van der Waals surface area contributed by atoms with Crippen LogP contribution in [0.5, 0.6) is 11.5 Å². The van der Waals surface area contributed by atoms with Gasteiger partial charge in [0.1, 0.15) is 5.78 Å². The lowest BCUT2D eigenvalue weighted by Crippen LogP contribution is -2.36. The highest BCUT2D eigenvalue weighted by molar-refractivity contribution is 5.81. The van der Waals surface area contributed by atoms with Gasteiger partial charge in [-0.3, -0.25) is 4.79 Å². The van der Waals surface area contributed by atoms with Gasteiger partial charge < -0.3 is 18.9 Å². The Morgan fingerprint density at radius 1 is 1.06 bits per heavy atom. The zero-order valence-corrected chi connectivity index (χ0v) is 18.6. The molecule has 2 aromatic carbocycles. The van der Waals surface area contributed by atoms with Gasteiger partial charge in [-0.05, 0) is 49.4 Å². The van der Waals surface area contributed by atoms with Crippen molar-refractivity contribution in [3.05, 3.63) is 54.1 Å². The molecule has 0 radical (unpaired) electrons. The third-order valence-corrected chi connectivity index (χ3v) is 6.01. The molecule has 0 saturated carbocycles. The van der Waals surface area contributed by atoms with E-state index in [1.165, 1.54) is 5.56 Å². The molecule has 0 aliphatic carbocycles. The highest BCUT2D eigenvalue weighted by atomic mass is 16.5. The summed E-state index contributed by atoms with van der Waals surface area (Å²) in [5.41, 5.74) is 2.08. The van der Waals surface area contributed by atoms with E-state index in [1.54, 1.807) is 14.2 Å². The number of hydrogen-bond acceptors (Lipinski definition) is 7. The van der Waals surface area contributed by atoms with Crippen LogP contribution >= 0.6 is 0 Å². The predicted molar refractivity (Wildman–Crippen MR) is 122 cm³/mol. The van der Waals surface area contributed by atoms with Gasteiger partial charge in [0.05, 0.1) is 14.2 Å². The lowest BCUT2D eigenvalue weighted by molar-refractivity contribution is -0.123. The van der Waals surface area contributed by atoms with E-state index >= 15 is 0 Å². The summed E-state index contributed by atoms with van der Waals surface area (Å²) in [4.78, 5) is 19.3. The molecule has 1 fully saturated rings. The van der Waals surface area contributed by atoms with Crippen LogP contribution in [-0.4, -0.2) is 43.2 Å². The second-order valence-corrected chi connectivity index (χ2v) is 8.04. The number of ketones is 1. The lowest BCUT2D eigenvalue weighted by Gasteiger charge is -2.29. The van der Waals surface area contributed by atoms with Crippen LogP contribution in [0.25, 0.3) is 11.4 Å². The number of Topliss-reactive ketones (excluding diaryl/α,β-unsaturated/α-hetero) is 1. The van der Waals surface area contributed by atoms with Crippen LogP contribution in [-0.2, 0) is 11.2 Å². The first-order valence-corrected chi connectivity index (χ1v) is 11.1. The minimum absolute atomic E-state index is 0.121. The van der Waals surface area contributed by atoms with Crippen LogP contribution in [0.1, 0.15) is 31.2 Å². The molecule has 0 unspecified atom stereocenters. The van der Waals surface area contributed by atoms with Crippen molar-refractivity contribution in [1.29, 1.82) is 0 Å². The fourth-order valence-corrected chi connectivity index (χ4v) is 4.14. The minimum Gasteiger partial charge on any atom is -0.493 e. The van der Waals surface area contributed by atoms with E-state index in [-0.39, 0.29) is 5.92 Å². The first kappa shape index (κ1) is 21.9. The Hall–Kier alpha value is -3.35. The van der Waals surface area contributed by atoms with Crippen LogP contribution in [0.15, 0.2) is 53.1 Å². The predicted octanol–water partition coefficient (Wildman–Crippen LogP) is 4.56. The van der Waals surface area contributed by atoms with E-state index in [2.05, 4.69) is 27.2 Å². The highest BCUT2D eigenvalue weighted by Crippen LogP contribution is 2.32. The number of piperidine rings is 1. The van der Waals surface area contributed by atoms with E-state index < -0.39 is 0 Å². The van der Waals surface area contributed by atoms with Crippen LogP contribution in [0, 0.1) is 5.92 Å². The maximum Gasteiger partial charge on any atom is 0.324 e. The van der Waals surface area contributed by atoms with E-state index in [0.29, 0.717) is 35.5 Å². The average molecular weight is 436 g/mol. The molecule has 0 bridgehead atoms. The Morgan fingerprint density at radius 2 is 1.81 bits per heavy atom. The van der Waals surface area contributed by atoms with E-state index in [1.807, 2.05) is 36.4 Å². The molecule has 1 aromatic heterocycles. The number of rotatable bonds is 9. The molecule has 3 aromatic rings. The average Bonchev–Trinajstić information content (AvgIpc) is 3.34. The van der Waals surface area contributed by atoms with Crippen molar-refractivity contribution in [2.75, 3.05) is 32.2 Å². The van der Waals surface area contributed by atoms with Gasteiger partial charge in [-0.1, -0.05) is 35.5 Å². The number of anilines is 1. The zero-order chi connectivity index (χ0) is 22.3. The van der Waals surface area contributed by atoms with Crippen molar-refractivity contribution in [2.24, 2.45) is 5.92 Å². The highest BCUT2D eigenvalue weighted by Gasteiger charge is 2.27. The van der Waals surface area contributed by atoms with Gasteiger partial charge in [0, 0.05) is 31.0 Å². The van der Waals surface area contributed by atoms with Crippen molar-refractivity contribution >= 4 is 11.8 Å². The Morgan fingerprint density at radius 3 is 2.53 bits per heavy atom. The number of carbonyl (C=O) groups excluding carboxylic acids is 1. The van der Waals surface area contributed by atoms with Gasteiger partial charge in [-0.15, -0.1) is 0 Å². The molecule has 1 saturated heterocycles. The number of hydrogen-bond donors (Lipinski definition) is 0. The molecule has 0 amide bonds. The zero-order valence-electron chi connectivity index (χ0n) is 18.6. The van der Waals surface area contributed by atoms with Crippen molar-refractivity contribution in [3.63, 3.8) is 0 Å². The summed E-state index contributed by atoms with van der Waals surface area (Å²) < 4.78 is 16.1. The van der Waals surface area contributed by atoms with Gasteiger partial charge >= 0.3 is 6.01 Å². The second kappa shape index (κ2) is 10.3. The number of carbonyl (C=O) groups is 1. The molecule has 7 heteroatoms. The summed E-state index contributed by atoms with van der Waals surface area (Å²) in [7, 11) is 3.19. The molecular weight excluding hydrogens is 406 g/mol. The van der Waals surface area contributed by atoms with Gasteiger partial charge in [0.25, 0.3) is 0 Å². The summed E-state index contributed by atoms with van der Waals surface area (Å²) in [5, 5.41) is 4.12. The molecule has 2 heterocycles. The lowest BCUT2D eigenvalue weighted by atomic mass is 9.90. The molecule has 4 rings (SSSR count). The molecule has 1 aliphatic heterocycles. The Kier molecular flexibility index (Phi) is 7.04. The summed E-state index contributed by atoms with van der Waals surface area (Å²) in [6.45, 7) is 1.48. The fraction of sp³-hybridized carbons (Fsp3) is 0.400. The van der Waals surface area contributed by atoms with Gasteiger partial charge in [-0.25, -0.2) is 0 Å².